The van der Waals surface area contributed by atoms with Crippen molar-refractivity contribution in [3.8, 4) is 5.75 Å². The van der Waals surface area contributed by atoms with E-state index in [1.54, 1.807) is 0 Å². The molecule has 0 saturated carbocycles. The van der Waals surface area contributed by atoms with Crippen LogP contribution in [-0.4, -0.2) is 24.2 Å². The van der Waals surface area contributed by atoms with E-state index in [0.29, 0.717) is 0 Å². The summed E-state index contributed by atoms with van der Waals surface area (Å²) in [6.07, 6.45) is -0.329. The van der Waals surface area contributed by atoms with Crippen LogP contribution in [0.2, 0.25) is 0 Å². The maximum Gasteiger partial charge on any atom is 0.322 e. The highest BCUT2D eigenvalue weighted by Crippen LogP contribution is 2.20. The molecule has 6 heteroatoms. The summed E-state index contributed by atoms with van der Waals surface area (Å²) < 4.78 is 30.8. The van der Waals surface area contributed by atoms with Gasteiger partial charge in [-0.3, -0.25) is 4.79 Å². The molecule has 16 heavy (non-hydrogen) atoms. The summed E-state index contributed by atoms with van der Waals surface area (Å²) in [5.74, 6) is -3.18. The fourth-order valence-electron chi connectivity index (χ4n) is 1.24. The Morgan fingerprint density at radius 2 is 2.00 bits per heavy atom. The van der Waals surface area contributed by atoms with Crippen LogP contribution in [0.25, 0.3) is 0 Å². The van der Waals surface area contributed by atoms with Crippen LogP contribution in [-0.2, 0) is 16.0 Å². The number of phenols is 1. The molecule has 88 valence electrons. The zero-order chi connectivity index (χ0) is 12.3. The summed E-state index contributed by atoms with van der Waals surface area (Å²) in [7, 11) is 1.13. The molecule has 0 aromatic heterocycles. The van der Waals surface area contributed by atoms with Gasteiger partial charge in [0, 0.05) is 24.1 Å². The third-order valence-corrected chi connectivity index (χ3v) is 2.05. The van der Waals surface area contributed by atoms with Gasteiger partial charge in [-0.25, -0.2) is 8.78 Å². The molecule has 0 aliphatic carbocycles. The Labute approximate surface area is 90.6 Å². The lowest BCUT2D eigenvalue weighted by molar-refractivity contribution is -0.142. The maximum absolute atomic E-state index is 13.2. The quantitative estimate of drug-likeness (QED) is 0.751. The van der Waals surface area contributed by atoms with E-state index in [9.17, 15) is 13.6 Å². The van der Waals surface area contributed by atoms with Crippen molar-refractivity contribution in [1.82, 2.24) is 0 Å². The van der Waals surface area contributed by atoms with E-state index in [-0.39, 0.29) is 12.0 Å². The van der Waals surface area contributed by atoms with Crippen LogP contribution in [0.1, 0.15) is 5.56 Å². The molecule has 1 rings (SSSR count). The Balaban J connectivity index is 2.93. The summed E-state index contributed by atoms with van der Waals surface area (Å²) in [6, 6.07) is 0.365. The summed E-state index contributed by atoms with van der Waals surface area (Å²) in [5.41, 5.74) is 5.01. The van der Waals surface area contributed by atoms with Crippen molar-refractivity contribution in [2.24, 2.45) is 5.73 Å². The van der Waals surface area contributed by atoms with Crippen molar-refractivity contribution in [2.45, 2.75) is 12.5 Å². The SMILES string of the molecule is COC(=O)C(N)Cc1c(F)cc(O)cc1F. The number of aromatic hydroxyl groups is 1. The van der Waals surface area contributed by atoms with Gasteiger partial charge in [0.25, 0.3) is 0 Å². The van der Waals surface area contributed by atoms with Crippen molar-refractivity contribution in [2.75, 3.05) is 7.11 Å². The van der Waals surface area contributed by atoms with Crippen LogP contribution in [0.4, 0.5) is 8.78 Å². The number of methoxy groups -OCH3 is 1. The van der Waals surface area contributed by atoms with Crippen molar-refractivity contribution < 1.29 is 23.4 Å². The fourth-order valence-corrected chi connectivity index (χ4v) is 1.24. The van der Waals surface area contributed by atoms with E-state index in [2.05, 4.69) is 4.74 Å². The second-order valence-corrected chi connectivity index (χ2v) is 3.22. The molecule has 4 nitrogen and oxygen atoms in total. The van der Waals surface area contributed by atoms with E-state index in [0.717, 1.165) is 19.2 Å². The molecular formula is C10H11F2NO3. The van der Waals surface area contributed by atoms with Gasteiger partial charge in [-0.15, -0.1) is 0 Å². The lowest BCUT2D eigenvalue weighted by Crippen LogP contribution is -2.34. The van der Waals surface area contributed by atoms with Crippen molar-refractivity contribution in [3.63, 3.8) is 0 Å². The number of halogens is 2. The van der Waals surface area contributed by atoms with Gasteiger partial charge < -0.3 is 15.6 Å². The summed E-state index contributed by atoms with van der Waals surface area (Å²) in [6.45, 7) is 0. The van der Waals surface area contributed by atoms with Gasteiger partial charge in [-0.2, -0.15) is 0 Å². The molecule has 1 aromatic carbocycles. The molecule has 0 fully saturated rings. The monoisotopic (exact) mass is 231 g/mol. The molecular weight excluding hydrogens is 220 g/mol. The average molecular weight is 231 g/mol. The zero-order valence-corrected chi connectivity index (χ0v) is 8.54. The van der Waals surface area contributed by atoms with E-state index < -0.39 is 29.4 Å². The van der Waals surface area contributed by atoms with E-state index in [4.69, 9.17) is 10.8 Å². The average Bonchev–Trinajstić information content (AvgIpc) is 2.21. The van der Waals surface area contributed by atoms with Crippen LogP contribution < -0.4 is 5.73 Å². The first kappa shape index (κ1) is 12.4. The molecule has 1 atom stereocenters. The molecule has 1 unspecified atom stereocenters. The van der Waals surface area contributed by atoms with Gasteiger partial charge in [-0.05, 0) is 0 Å². The van der Waals surface area contributed by atoms with Gasteiger partial charge in [-0.1, -0.05) is 0 Å². The van der Waals surface area contributed by atoms with Crippen molar-refractivity contribution >= 4 is 5.97 Å². The molecule has 0 bridgehead atoms. The number of phenolic OH excluding ortho intramolecular Hbond substituents is 1. The second kappa shape index (κ2) is 4.89. The first-order valence-corrected chi connectivity index (χ1v) is 4.46. The highest BCUT2D eigenvalue weighted by Gasteiger charge is 2.19. The Hall–Kier alpha value is -1.69. The number of hydrogen-bond acceptors (Lipinski definition) is 4. The molecule has 0 spiro atoms. The molecule has 0 heterocycles. The number of hydrogen-bond donors (Lipinski definition) is 2. The molecule has 3 N–H and O–H groups in total. The Morgan fingerprint density at radius 3 is 2.44 bits per heavy atom. The minimum Gasteiger partial charge on any atom is -0.508 e. The van der Waals surface area contributed by atoms with Crippen molar-refractivity contribution in [1.29, 1.82) is 0 Å². The van der Waals surface area contributed by atoms with Crippen LogP contribution in [0.3, 0.4) is 0 Å². The third kappa shape index (κ3) is 2.66. The molecule has 0 amide bonds. The van der Waals surface area contributed by atoms with E-state index >= 15 is 0 Å². The predicted octanol–water partition coefficient (Wildman–Crippen LogP) is 0.713. The smallest absolute Gasteiger partial charge is 0.322 e. The van der Waals surface area contributed by atoms with E-state index in [1.807, 2.05) is 0 Å². The number of benzene rings is 1. The maximum atomic E-state index is 13.2. The van der Waals surface area contributed by atoms with E-state index in [1.165, 1.54) is 0 Å². The predicted molar refractivity (Wildman–Crippen MR) is 51.7 cm³/mol. The summed E-state index contributed by atoms with van der Waals surface area (Å²) in [4.78, 5) is 11.0. The Morgan fingerprint density at radius 1 is 1.50 bits per heavy atom. The minimum atomic E-state index is -1.14. The molecule has 1 aromatic rings. The van der Waals surface area contributed by atoms with Gasteiger partial charge >= 0.3 is 5.97 Å². The van der Waals surface area contributed by atoms with Crippen LogP contribution in [0.15, 0.2) is 12.1 Å². The summed E-state index contributed by atoms with van der Waals surface area (Å²) in [5, 5.41) is 8.90. The number of rotatable bonds is 3. The lowest BCUT2D eigenvalue weighted by Gasteiger charge is -2.10. The first-order valence-electron chi connectivity index (χ1n) is 4.46. The standard InChI is InChI=1S/C10H11F2NO3/c1-16-10(15)9(13)4-6-7(11)2-5(14)3-8(6)12/h2-3,9,14H,4,13H2,1H3. The van der Waals surface area contributed by atoms with Gasteiger partial charge in [0.1, 0.15) is 23.4 Å². The Bertz CT molecular complexity index is 386. The van der Waals surface area contributed by atoms with Gasteiger partial charge in [0.2, 0.25) is 0 Å². The zero-order valence-electron chi connectivity index (χ0n) is 8.54. The molecule has 0 radical (unpaired) electrons. The first-order chi connectivity index (χ1) is 7.45. The lowest BCUT2D eigenvalue weighted by atomic mass is 10.1. The molecule has 0 saturated heterocycles. The fraction of sp³-hybridized carbons (Fsp3) is 0.300. The normalized spacial score (nSPS) is 12.2. The summed E-state index contributed by atoms with van der Waals surface area (Å²) >= 11 is 0. The topological polar surface area (TPSA) is 72.5 Å². The van der Waals surface area contributed by atoms with Gasteiger partial charge in [0.15, 0.2) is 0 Å². The molecule has 0 aliphatic rings. The highest BCUT2D eigenvalue weighted by atomic mass is 19.1. The Kier molecular flexibility index (Phi) is 3.78. The second-order valence-electron chi connectivity index (χ2n) is 3.22. The minimum absolute atomic E-state index is 0.329. The molecule has 0 aliphatic heterocycles. The van der Waals surface area contributed by atoms with Crippen molar-refractivity contribution in [3.05, 3.63) is 29.3 Å². The number of carbonyl (C=O) groups excluding carboxylic acids is 1. The number of esters is 1. The highest BCUT2D eigenvalue weighted by molar-refractivity contribution is 5.75. The largest absolute Gasteiger partial charge is 0.508 e. The van der Waals surface area contributed by atoms with Crippen LogP contribution in [0.5, 0.6) is 5.75 Å². The number of nitrogens with two attached hydrogens (primary N) is 1. The van der Waals surface area contributed by atoms with Gasteiger partial charge in [0.05, 0.1) is 7.11 Å². The third-order valence-electron chi connectivity index (χ3n) is 2.05. The van der Waals surface area contributed by atoms with Crippen LogP contribution >= 0.6 is 0 Å². The number of carbonyl (C=O) groups is 1. The number of ether oxygens (including phenoxy) is 1. The van der Waals surface area contributed by atoms with Crippen LogP contribution in [0, 0.1) is 11.6 Å².